The number of hydrogen-bond acceptors (Lipinski definition) is 3. The highest BCUT2D eigenvalue weighted by atomic mass is 16.1. The number of Topliss-reactive ketones (excluding diaryl/α,β-unsaturated/α-hetero) is 1. The van der Waals surface area contributed by atoms with E-state index < -0.39 is 5.54 Å². The quantitative estimate of drug-likeness (QED) is 0.678. The van der Waals surface area contributed by atoms with Crippen LogP contribution in [0.5, 0.6) is 0 Å². The van der Waals surface area contributed by atoms with Gasteiger partial charge in [0.2, 0.25) is 5.78 Å². The van der Waals surface area contributed by atoms with Crippen LogP contribution in [0.4, 0.5) is 0 Å². The maximum atomic E-state index is 13.0. The minimum atomic E-state index is -0.392. The van der Waals surface area contributed by atoms with Gasteiger partial charge in [0.25, 0.3) is 0 Å². The van der Waals surface area contributed by atoms with E-state index in [-0.39, 0.29) is 5.78 Å². The van der Waals surface area contributed by atoms with Gasteiger partial charge in [-0.3, -0.25) is 14.4 Å². The zero-order chi connectivity index (χ0) is 14.5. The number of rotatable bonds is 8. The number of nitrogens with zero attached hydrogens (tertiary/aromatic N) is 3. The molecule has 0 unspecified atom stereocenters. The maximum Gasteiger partial charge on any atom is 0.200 e. The minimum absolute atomic E-state index is 0.209. The molecular formula is C15H27N3O. The Bertz CT molecular complexity index is 403. The molecule has 0 aromatic carbocycles. The lowest BCUT2D eigenvalue weighted by atomic mass is 9.84. The predicted octanol–water partition coefficient (Wildman–Crippen LogP) is 2.99. The number of aryl methyl sites for hydroxylation is 1. The zero-order valence-electron chi connectivity index (χ0n) is 12.9. The molecule has 0 aliphatic carbocycles. The fraction of sp³-hybridized carbons (Fsp3) is 0.733. The van der Waals surface area contributed by atoms with Crippen LogP contribution in [0.2, 0.25) is 0 Å². The number of carbonyl (C=O) groups excluding carboxylic acids is 1. The summed E-state index contributed by atoms with van der Waals surface area (Å²) in [6, 6.07) is 1.84. The molecule has 0 amide bonds. The topological polar surface area (TPSA) is 38.1 Å². The molecule has 0 N–H and O–H groups in total. The molecule has 0 spiro atoms. The van der Waals surface area contributed by atoms with Crippen LogP contribution in [-0.4, -0.2) is 39.1 Å². The van der Waals surface area contributed by atoms with Crippen LogP contribution in [0.15, 0.2) is 12.3 Å². The van der Waals surface area contributed by atoms with Crippen molar-refractivity contribution >= 4 is 5.78 Å². The summed E-state index contributed by atoms with van der Waals surface area (Å²) in [4.78, 5) is 15.3. The summed E-state index contributed by atoms with van der Waals surface area (Å²) in [5.41, 5.74) is 0.342. The second-order valence-electron chi connectivity index (χ2n) is 4.77. The normalized spacial score (nSPS) is 12.1. The second kappa shape index (κ2) is 6.85. The van der Waals surface area contributed by atoms with E-state index in [1.165, 1.54) is 0 Å². The van der Waals surface area contributed by atoms with Crippen molar-refractivity contribution in [2.24, 2.45) is 0 Å². The Morgan fingerprint density at radius 1 is 1.21 bits per heavy atom. The molecular weight excluding hydrogens is 238 g/mol. The number of hydrogen-bond donors (Lipinski definition) is 0. The summed E-state index contributed by atoms with van der Waals surface area (Å²) in [5, 5.41) is 4.23. The van der Waals surface area contributed by atoms with Crippen molar-refractivity contribution in [3.8, 4) is 0 Å². The Labute approximate surface area is 116 Å². The molecule has 108 valence electrons. The van der Waals surface area contributed by atoms with Gasteiger partial charge >= 0.3 is 0 Å². The molecule has 4 heteroatoms. The van der Waals surface area contributed by atoms with Crippen molar-refractivity contribution in [3.63, 3.8) is 0 Å². The predicted molar refractivity (Wildman–Crippen MR) is 78.5 cm³/mol. The first kappa shape index (κ1) is 15.9. The standard InChI is InChI=1S/C15H27N3O/c1-6-15(7-2,17(8-3)9-4)14(19)13-11-12-16-18(13)10-5/h11-12H,6-10H2,1-5H3. The third kappa shape index (κ3) is 2.73. The minimum Gasteiger partial charge on any atom is -0.291 e. The van der Waals surface area contributed by atoms with Crippen LogP contribution >= 0.6 is 0 Å². The molecule has 0 radical (unpaired) electrons. The maximum absolute atomic E-state index is 13.0. The highest BCUT2D eigenvalue weighted by Gasteiger charge is 2.41. The van der Waals surface area contributed by atoms with Gasteiger partial charge in [-0.05, 0) is 38.9 Å². The van der Waals surface area contributed by atoms with Crippen molar-refractivity contribution in [1.82, 2.24) is 14.7 Å². The van der Waals surface area contributed by atoms with E-state index in [1.54, 1.807) is 10.9 Å². The number of carbonyl (C=O) groups is 1. The Balaban J connectivity index is 3.22. The average Bonchev–Trinajstić information content (AvgIpc) is 2.92. The Morgan fingerprint density at radius 2 is 1.79 bits per heavy atom. The highest BCUT2D eigenvalue weighted by Crippen LogP contribution is 2.28. The number of likely N-dealkylation sites (N-methyl/N-ethyl adjacent to an activating group) is 1. The van der Waals surface area contributed by atoms with Crippen LogP contribution in [0.3, 0.4) is 0 Å². The van der Waals surface area contributed by atoms with Crippen LogP contribution in [0.25, 0.3) is 0 Å². The van der Waals surface area contributed by atoms with Gasteiger partial charge in [0, 0.05) is 12.7 Å². The molecule has 0 atom stereocenters. The molecule has 1 aromatic rings. The molecule has 1 aromatic heterocycles. The molecule has 0 aliphatic rings. The SMILES string of the molecule is CCN(CC)C(CC)(CC)C(=O)c1ccnn1CC. The van der Waals surface area contributed by atoms with Crippen LogP contribution in [0, 0.1) is 0 Å². The van der Waals surface area contributed by atoms with Crippen molar-refractivity contribution in [1.29, 1.82) is 0 Å². The van der Waals surface area contributed by atoms with Crippen molar-refractivity contribution < 1.29 is 4.79 Å². The lowest BCUT2D eigenvalue weighted by molar-refractivity contribution is 0.0523. The lowest BCUT2D eigenvalue weighted by Crippen LogP contribution is -2.54. The van der Waals surface area contributed by atoms with Gasteiger partial charge in [-0.1, -0.05) is 27.7 Å². The van der Waals surface area contributed by atoms with E-state index in [1.807, 2.05) is 13.0 Å². The van der Waals surface area contributed by atoms with Crippen molar-refractivity contribution in [2.45, 2.75) is 59.5 Å². The van der Waals surface area contributed by atoms with Gasteiger partial charge in [-0.15, -0.1) is 0 Å². The van der Waals surface area contributed by atoms with Gasteiger partial charge < -0.3 is 0 Å². The van der Waals surface area contributed by atoms with Gasteiger partial charge in [0.15, 0.2) is 0 Å². The van der Waals surface area contributed by atoms with Gasteiger partial charge in [-0.25, -0.2) is 0 Å². The summed E-state index contributed by atoms with van der Waals surface area (Å²) in [7, 11) is 0. The summed E-state index contributed by atoms with van der Waals surface area (Å²) in [6.07, 6.45) is 3.38. The highest BCUT2D eigenvalue weighted by molar-refractivity contribution is 6.01. The molecule has 4 nitrogen and oxygen atoms in total. The first-order chi connectivity index (χ1) is 9.11. The summed E-state index contributed by atoms with van der Waals surface area (Å²) < 4.78 is 1.80. The lowest BCUT2D eigenvalue weighted by Gasteiger charge is -2.40. The monoisotopic (exact) mass is 265 g/mol. The fourth-order valence-electron chi connectivity index (χ4n) is 3.01. The second-order valence-corrected chi connectivity index (χ2v) is 4.77. The molecule has 1 rings (SSSR count). The third-order valence-corrected chi connectivity index (χ3v) is 4.21. The van der Waals surface area contributed by atoms with E-state index in [9.17, 15) is 4.79 Å². The molecule has 19 heavy (non-hydrogen) atoms. The smallest absolute Gasteiger partial charge is 0.200 e. The van der Waals surface area contributed by atoms with Crippen LogP contribution in [-0.2, 0) is 6.54 Å². The van der Waals surface area contributed by atoms with E-state index in [0.717, 1.165) is 38.2 Å². The first-order valence-electron chi connectivity index (χ1n) is 7.42. The Kier molecular flexibility index (Phi) is 5.73. The van der Waals surface area contributed by atoms with Crippen LogP contribution in [0.1, 0.15) is 57.9 Å². The van der Waals surface area contributed by atoms with E-state index in [2.05, 4.69) is 37.7 Å². The van der Waals surface area contributed by atoms with E-state index >= 15 is 0 Å². The summed E-state index contributed by atoms with van der Waals surface area (Å²) in [5.74, 6) is 0.209. The van der Waals surface area contributed by atoms with Crippen molar-refractivity contribution in [2.75, 3.05) is 13.1 Å². The van der Waals surface area contributed by atoms with E-state index in [0.29, 0.717) is 0 Å². The van der Waals surface area contributed by atoms with Gasteiger partial charge in [-0.2, -0.15) is 5.10 Å². The average molecular weight is 265 g/mol. The van der Waals surface area contributed by atoms with Gasteiger partial charge in [0.1, 0.15) is 5.69 Å². The Morgan fingerprint density at radius 3 is 2.21 bits per heavy atom. The largest absolute Gasteiger partial charge is 0.291 e. The molecule has 1 heterocycles. The summed E-state index contributed by atoms with van der Waals surface area (Å²) >= 11 is 0. The molecule has 0 saturated heterocycles. The first-order valence-corrected chi connectivity index (χ1v) is 7.42. The van der Waals surface area contributed by atoms with Gasteiger partial charge in [0.05, 0.1) is 5.54 Å². The number of ketones is 1. The molecule has 0 bridgehead atoms. The van der Waals surface area contributed by atoms with Crippen LogP contribution < -0.4 is 0 Å². The van der Waals surface area contributed by atoms with E-state index in [4.69, 9.17) is 0 Å². The fourth-order valence-corrected chi connectivity index (χ4v) is 3.01. The molecule has 0 aliphatic heterocycles. The third-order valence-electron chi connectivity index (χ3n) is 4.21. The zero-order valence-corrected chi connectivity index (χ0v) is 12.9. The van der Waals surface area contributed by atoms with Crippen molar-refractivity contribution in [3.05, 3.63) is 18.0 Å². The molecule has 0 fully saturated rings. The molecule has 0 saturated carbocycles. The number of aromatic nitrogens is 2. The Hall–Kier alpha value is -1.16. The summed E-state index contributed by atoms with van der Waals surface area (Å²) in [6.45, 7) is 13.0.